The topological polar surface area (TPSA) is 55.2 Å². The number of fused-ring (bicyclic) bond motifs is 1. The molecule has 0 fully saturated rings. The van der Waals surface area contributed by atoms with Crippen LogP contribution in [0.5, 0.6) is 0 Å². The molecule has 5 heteroatoms. The van der Waals surface area contributed by atoms with Crippen LogP contribution in [0.15, 0.2) is 83.7 Å². The second kappa shape index (κ2) is 11.8. The van der Waals surface area contributed by atoms with Gasteiger partial charge in [-0.1, -0.05) is 74.9 Å². The Labute approximate surface area is 213 Å². The van der Waals surface area contributed by atoms with Gasteiger partial charge in [-0.05, 0) is 61.6 Å². The molecule has 0 aliphatic carbocycles. The van der Waals surface area contributed by atoms with E-state index in [0.29, 0.717) is 29.7 Å². The summed E-state index contributed by atoms with van der Waals surface area (Å²) in [6.07, 6.45) is 3.94. The number of aryl methyl sites for hydroxylation is 1. The first-order valence-electron chi connectivity index (χ1n) is 13.0. The molecule has 4 aromatic rings. The van der Waals surface area contributed by atoms with E-state index >= 15 is 0 Å². The zero-order chi connectivity index (χ0) is 25.5. The molecule has 0 spiro atoms. The summed E-state index contributed by atoms with van der Waals surface area (Å²) in [5.74, 6) is 0.677. The normalized spacial score (nSPS) is 12.0. The number of aromatic nitrogens is 2. The third-order valence-electron chi connectivity index (χ3n) is 6.79. The van der Waals surface area contributed by atoms with Crippen LogP contribution < -0.4 is 5.56 Å². The van der Waals surface area contributed by atoms with Gasteiger partial charge < -0.3 is 4.90 Å². The minimum Gasteiger partial charge on any atom is -0.332 e. The number of hydrogen-bond donors (Lipinski definition) is 0. The first-order chi connectivity index (χ1) is 17.5. The largest absolute Gasteiger partial charge is 0.332 e. The highest BCUT2D eigenvalue weighted by atomic mass is 16.2. The van der Waals surface area contributed by atoms with Gasteiger partial charge in [0.05, 0.1) is 22.6 Å². The summed E-state index contributed by atoms with van der Waals surface area (Å²) in [7, 11) is 0. The predicted octanol–water partition coefficient (Wildman–Crippen LogP) is 6.27. The number of nitrogens with zero attached hydrogens (tertiary/aromatic N) is 3. The van der Waals surface area contributed by atoms with Gasteiger partial charge in [-0.15, -0.1) is 0 Å². The van der Waals surface area contributed by atoms with Crippen LogP contribution in [0.25, 0.3) is 16.6 Å². The van der Waals surface area contributed by atoms with Gasteiger partial charge in [-0.2, -0.15) is 0 Å². The van der Waals surface area contributed by atoms with Crippen LogP contribution in [-0.2, 0) is 17.6 Å². The van der Waals surface area contributed by atoms with Crippen LogP contribution in [0.2, 0.25) is 0 Å². The molecule has 0 aliphatic rings. The molecule has 0 bridgehead atoms. The van der Waals surface area contributed by atoms with Crippen LogP contribution in [0.1, 0.15) is 63.0 Å². The van der Waals surface area contributed by atoms with Crippen molar-refractivity contribution in [2.24, 2.45) is 0 Å². The molecule has 0 saturated carbocycles. The Morgan fingerprint density at radius 3 is 2.31 bits per heavy atom. The number of amides is 1. The molecule has 1 atom stereocenters. The summed E-state index contributed by atoms with van der Waals surface area (Å²) >= 11 is 0. The second-order valence-corrected chi connectivity index (χ2v) is 9.25. The van der Waals surface area contributed by atoms with Crippen LogP contribution in [0.4, 0.5) is 0 Å². The first kappa shape index (κ1) is 25.4. The second-order valence-electron chi connectivity index (χ2n) is 9.25. The molecular weight excluding hydrogens is 446 g/mol. The van der Waals surface area contributed by atoms with E-state index in [1.807, 2.05) is 78.6 Å². The van der Waals surface area contributed by atoms with Crippen molar-refractivity contribution in [1.82, 2.24) is 14.5 Å². The summed E-state index contributed by atoms with van der Waals surface area (Å²) in [4.78, 5) is 34.1. The summed E-state index contributed by atoms with van der Waals surface area (Å²) in [5, 5.41) is 0.571. The zero-order valence-electron chi connectivity index (χ0n) is 21.5. The molecular formula is C31H35N3O2. The van der Waals surface area contributed by atoms with Gasteiger partial charge >= 0.3 is 0 Å². The maximum absolute atomic E-state index is 13.8. The SMILES string of the molecule is CCCCC(=O)N(CCc1ccccc1)C(C)c1nc2ccccc2c(=O)n1-c1ccc(CC)cc1. The summed E-state index contributed by atoms with van der Waals surface area (Å²) in [6, 6.07) is 25.3. The van der Waals surface area contributed by atoms with E-state index in [2.05, 4.69) is 26.0 Å². The number of carbonyl (C=O) groups excluding carboxylic acids is 1. The van der Waals surface area contributed by atoms with Gasteiger partial charge in [0.25, 0.3) is 5.56 Å². The smallest absolute Gasteiger partial charge is 0.266 e. The maximum atomic E-state index is 13.8. The third-order valence-corrected chi connectivity index (χ3v) is 6.79. The number of benzene rings is 3. The maximum Gasteiger partial charge on any atom is 0.266 e. The molecule has 1 amide bonds. The Kier molecular flexibility index (Phi) is 8.32. The van der Waals surface area contributed by atoms with E-state index in [1.165, 1.54) is 11.1 Å². The van der Waals surface area contributed by atoms with Crippen molar-refractivity contribution in [2.45, 2.75) is 58.9 Å². The molecule has 3 aromatic carbocycles. The molecule has 36 heavy (non-hydrogen) atoms. The fourth-order valence-electron chi connectivity index (χ4n) is 4.60. The minimum absolute atomic E-state index is 0.0931. The van der Waals surface area contributed by atoms with Gasteiger partial charge in [-0.3, -0.25) is 14.2 Å². The summed E-state index contributed by atoms with van der Waals surface area (Å²) < 4.78 is 1.69. The quantitative estimate of drug-likeness (QED) is 0.268. The zero-order valence-corrected chi connectivity index (χ0v) is 21.5. The Balaban J connectivity index is 1.81. The Bertz CT molecular complexity index is 1360. The van der Waals surface area contributed by atoms with Crippen molar-refractivity contribution in [1.29, 1.82) is 0 Å². The van der Waals surface area contributed by atoms with Gasteiger partial charge in [0.15, 0.2) is 0 Å². The Morgan fingerprint density at radius 1 is 0.917 bits per heavy atom. The highest BCUT2D eigenvalue weighted by Crippen LogP contribution is 2.24. The van der Waals surface area contributed by atoms with Crippen molar-refractivity contribution in [3.8, 4) is 5.69 Å². The monoisotopic (exact) mass is 481 g/mol. The highest BCUT2D eigenvalue weighted by Gasteiger charge is 2.26. The highest BCUT2D eigenvalue weighted by molar-refractivity contribution is 5.79. The molecule has 5 nitrogen and oxygen atoms in total. The van der Waals surface area contributed by atoms with Gasteiger partial charge in [0, 0.05) is 13.0 Å². The number of hydrogen-bond acceptors (Lipinski definition) is 3. The molecule has 0 aliphatic heterocycles. The lowest BCUT2D eigenvalue weighted by molar-refractivity contribution is -0.133. The molecule has 4 rings (SSSR count). The molecule has 186 valence electrons. The average Bonchev–Trinajstić information content (AvgIpc) is 2.92. The fourth-order valence-corrected chi connectivity index (χ4v) is 4.60. The van der Waals surface area contributed by atoms with Crippen molar-refractivity contribution >= 4 is 16.8 Å². The number of carbonyl (C=O) groups is 1. The van der Waals surface area contributed by atoms with Crippen molar-refractivity contribution in [3.05, 3.63) is 106 Å². The number of para-hydroxylation sites is 1. The van der Waals surface area contributed by atoms with E-state index in [9.17, 15) is 9.59 Å². The van der Waals surface area contributed by atoms with Gasteiger partial charge in [-0.25, -0.2) is 4.98 Å². The molecule has 0 N–H and O–H groups in total. The Morgan fingerprint density at radius 2 is 1.61 bits per heavy atom. The van der Waals surface area contributed by atoms with Crippen molar-refractivity contribution in [3.63, 3.8) is 0 Å². The van der Waals surface area contributed by atoms with Crippen LogP contribution >= 0.6 is 0 Å². The summed E-state index contributed by atoms with van der Waals surface area (Å²) in [6.45, 7) is 6.75. The average molecular weight is 482 g/mol. The van der Waals surface area contributed by atoms with E-state index in [0.717, 1.165) is 31.4 Å². The van der Waals surface area contributed by atoms with Gasteiger partial charge in [0.2, 0.25) is 5.91 Å². The molecule has 1 unspecified atom stereocenters. The Hall–Kier alpha value is -3.73. The molecule has 1 heterocycles. The van der Waals surface area contributed by atoms with E-state index in [1.54, 1.807) is 4.57 Å². The van der Waals surface area contributed by atoms with Gasteiger partial charge in [0.1, 0.15) is 5.82 Å². The standard InChI is InChI=1S/C31H35N3O2/c1-4-6-16-29(35)33(22-21-25-12-8-7-9-13-25)23(3)30-32-28-15-11-10-14-27(28)31(36)34(30)26-19-17-24(5-2)18-20-26/h7-15,17-20,23H,4-6,16,21-22H2,1-3H3. The first-order valence-corrected chi connectivity index (χ1v) is 13.0. The van der Waals surface area contributed by atoms with Crippen LogP contribution in [-0.4, -0.2) is 26.9 Å². The molecule has 1 aromatic heterocycles. The third kappa shape index (κ3) is 5.56. The van der Waals surface area contributed by atoms with E-state index in [4.69, 9.17) is 4.98 Å². The fraction of sp³-hybridized carbons (Fsp3) is 0.323. The van der Waals surface area contributed by atoms with Crippen LogP contribution in [0, 0.1) is 0 Å². The lowest BCUT2D eigenvalue weighted by Gasteiger charge is -2.31. The lowest BCUT2D eigenvalue weighted by Crippen LogP contribution is -2.38. The van der Waals surface area contributed by atoms with E-state index < -0.39 is 0 Å². The minimum atomic E-state index is -0.374. The molecule has 0 radical (unpaired) electrons. The van der Waals surface area contributed by atoms with Crippen molar-refractivity contribution in [2.75, 3.05) is 6.54 Å². The summed E-state index contributed by atoms with van der Waals surface area (Å²) in [5.41, 5.74) is 3.68. The van der Waals surface area contributed by atoms with Crippen LogP contribution in [0.3, 0.4) is 0 Å². The van der Waals surface area contributed by atoms with E-state index in [-0.39, 0.29) is 17.5 Å². The molecule has 0 saturated heterocycles. The van der Waals surface area contributed by atoms with Crippen molar-refractivity contribution < 1.29 is 4.79 Å². The number of rotatable bonds is 10. The predicted molar refractivity (Wildman–Crippen MR) is 147 cm³/mol. The number of unbranched alkanes of at least 4 members (excludes halogenated alkanes) is 1. The lowest BCUT2D eigenvalue weighted by atomic mass is 10.1.